The maximum absolute atomic E-state index is 13.0. The topological polar surface area (TPSA) is 97.5 Å². The highest BCUT2D eigenvalue weighted by atomic mass is 16.5. The summed E-state index contributed by atoms with van der Waals surface area (Å²) in [7, 11) is 0. The van der Waals surface area contributed by atoms with E-state index in [1.54, 1.807) is 26.0 Å². The van der Waals surface area contributed by atoms with Crippen molar-refractivity contribution in [3.8, 4) is 5.75 Å². The monoisotopic (exact) mass is 368 g/mol. The molecule has 3 rings (SSSR count). The van der Waals surface area contributed by atoms with Crippen molar-refractivity contribution in [2.24, 2.45) is 0 Å². The van der Waals surface area contributed by atoms with Crippen LogP contribution in [0.1, 0.15) is 31.9 Å². The summed E-state index contributed by atoms with van der Waals surface area (Å²) >= 11 is 0. The van der Waals surface area contributed by atoms with Gasteiger partial charge in [-0.15, -0.1) is 0 Å². The summed E-state index contributed by atoms with van der Waals surface area (Å²) in [6, 6.07) is 8.37. The molecule has 0 bridgehead atoms. The summed E-state index contributed by atoms with van der Waals surface area (Å²) in [5, 5.41) is 2.97. The smallest absolute Gasteiger partial charge is 0.269 e. The molecule has 1 aliphatic heterocycles. The molecular weight excluding hydrogens is 344 g/mol. The number of para-hydroxylation sites is 1. The largest absolute Gasteiger partial charge is 0.477 e. The van der Waals surface area contributed by atoms with Gasteiger partial charge in [-0.25, -0.2) is 4.98 Å². The van der Waals surface area contributed by atoms with Crippen LogP contribution in [0.5, 0.6) is 5.75 Å². The molecule has 0 fully saturated rings. The van der Waals surface area contributed by atoms with E-state index >= 15 is 0 Å². The second-order valence-corrected chi connectivity index (χ2v) is 6.65. The van der Waals surface area contributed by atoms with Gasteiger partial charge in [-0.3, -0.25) is 14.5 Å². The Morgan fingerprint density at radius 3 is 2.81 bits per heavy atom. The number of anilines is 3. The average Bonchev–Trinajstić information content (AvgIpc) is 2.64. The first-order chi connectivity index (χ1) is 12.8. The van der Waals surface area contributed by atoms with E-state index in [0.717, 1.165) is 23.2 Å². The first-order valence-electron chi connectivity index (χ1n) is 8.99. The van der Waals surface area contributed by atoms with Crippen molar-refractivity contribution in [2.75, 3.05) is 16.0 Å². The number of fused-ring (bicyclic) bond motifs is 1. The molecule has 3 N–H and O–H groups in total. The fraction of sp³-hybridized carbons (Fsp3) is 0.350. The van der Waals surface area contributed by atoms with Gasteiger partial charge in [0.1, 0.15) is 11.9 Å². The van der Waals surface area contributed by atoms with Gasteiger partial charge in [0, 0.05) is 5.69 Å². The van der Waals surface area contributed by atoms with Crippen LogP contribution in [0.4, 0.5) is 17.3 Å². The number of carbonyl (C=O) groups excluding carboxylic acids is 2. The number of nitrogens with two attached hydrogens (primary N) is 1. The lowest BCUT2D eigenvalue weighted by molar-refractivity contribution is -0.128. The van der Waals surface area contributed by atoms with E-state index in [1.807, 2.05) is 32.0 Å². The molecule has 1 aliphatic rings. The first kappa shape index (κ1) is 18.7. The number of ether oxygens (including phenoxy) is 1. The Morgan fingerprint density at radius 1 is 1.37 bits per heavy atom. The van der Waals surface area contributed by atoms with E-state index in [2.05, 4.69) is 10.3 Å². The Bertz CT molecular complexity index is 897. The summed E-state index contributed by atoms with van der Waals surface area (Å²) < 4.78 is 5.59. The lowest BCUT2D eigenvalue weighted by atomic mass is 10.1. The van der Waals surface area contributed by atoms with Crippen LogP contribution in [0.25, 0.3) is 0 Å². The molecule has 2 heterocycles. The molecule has 1 aromatic carbocycles. The van der Waals surface area contributed by atoms with Crippen LogP contribution in [-0.2, 0) is 16.0 Å². The standard InChI is InChI=1S/C20H24N4O3/c1-5-14-8-6-7-11(2)17(14)23-19(25)12(3)24-18-15(9-10-16(21)22-18)27-13(4)20(24)26/h6-10,12-13H,5H2,1-4H3,(H2,21,22)(H,23,25). The minimum atomic E-state index is -0.777. The van der Waals surface area contributed by atoms with Gasteiger partial charge in [-0.2, -0.15) is 0 Å². The van der Waals surface area contributed by atoms with Crippen molar-refractivity contribution in [2.45, 2.75) is 46.3 Å². The third-order valence-electron chi connectivity index (χ3n) is 4.73. The Morgan fingerprint density at radius 2 is 2.11 bits per heavy atom. The number of nitrogen functional groups attached to an aromatic ring is 1. The average molecular weight is 368 g/mol. The van der Waals surface area contributed by atoms with Gasteiger partial charge in [-0.1, -0.05) is 25.1 Å². The number of aryl methyl sites for hydroxylation is 2. The summed E-state index contributed by atoms with van der Waals surface area (Å²) in [5.41, 5.74) is 8.57. The van der Waals surface area contributed by atoms with Crippen LogP contribution in [-0.4, -0.2) is 28.9 Å². The second-order valence-electron chi connectivity index (χ2n) is 6.65. The molecule has 2 unspecified atom stereocenters. The highest BCUT2D eigenvalue weighted by Gasteiger charge is 2.38. The van der Waals surface area contributed by atoms with E-state index in [4.69, 9.17) is 10.5 Å². The van der Waals surface area contributed by atoms with Crippen molar-refractivity contribution < 1.29 is 14.3 Å². The third-order valence-corrected chi connectivity index (χ3v) is 4.73. The van der Waals surface area contributed by atoms with E-state index in [0.29, 0.717) is 5.75 Å². The predicted octanol–water partition coefficient (Wildman–Crippen LogP) is 2.68. The van der Waals surface area contributed by atoms with Crippen molar-refractivity contribution in [1.82, 2.24) is 4.98 Å². The van der Waals surface area contributed by atoms with Gasteiger partial charge in [-0.05, 0) is 50.5 Å². The molecule has 0 radical (unpaired) electrons. The number of carbonyl (C=O) groups is 2. The zero-order valence-electron chi connectivity index (χ0n) is 15.9. The highest BCUT2D eigenvalue weighted by Crippen LogP contribution is 2.34. The molecule has 142 valence electrons. The molecule has 0 aliphatic carbocycles. The minimum Gasteiger partial charge on any atom is -0.477 e. The predicted molar refractivity (Wildman–Crippen MR) is 105 cm³/mol. The molecule has 2 amide bonds. The molecule has 7 nitrogen and oxygen atoms in total. The van der Waals surface area contributed by atoms with E-state index in [1.165, 1.54) is 4.90 Å². The fourth-order valence-electron chi connectivity index (χ4n) is 3.18. The molecule has 0 saturated heterocycles. The Kier molecular flexibility index (Phi) is 5.03. The third kappa shape index (κ3) is 3.45. The fourth-order valence-corrected chi connectivity index (χ4v) is 3.18. The normalized spacial score (nSPS) is 17.1. The van der Waals surface area contributed by atoms with Crippen LogP contribution in [0.15, 0.2) is 30.3 Å². The molecule has 2 aromatic rings. The zero-order chi connectivity index (χ0) is 19.7. The molecular formula is C20H24N4O3. The number of benzene rings is 1. The number of hydrogen-bond donors (Lipinski definition) is 2. The lowest BCUT2D eigenvalue weighted by Gasteiger charge is -2.35. The molecule has 2 atom stereocenters. The molecule has 27 heavy (non-hydrogen) atoms. The van der Waals surface area contributed by atoms with Crippen molar-refractivity contribution >= 4 is 29.1 Å². The number of pyridine rings is 1. The van der Waals surface area contributed by atoms with E-state index in [-0.39, 0.29) is 23.5 Å². The summed E-state index contributed by atoms with van der Waals surface area (Å²) in [6.07, 6.45) is 0.0861. The van der Waals surface area contributed by atoms with Gasteiger partial charge in [0.2, 0.25) is 5.91 Å². The van der Waals surface area contributed by atoms with Crippen LogP contribution in [0.2, 0.25) is 0 Å². The molecule has 7 heteroatoms. The van der Waals surface area contributed by atoms with E-state index in [9.17, 15) is 9.59 Å². The maximum Gasteiger partial charge on any atom is 0.269 e. The van der Waals surface area contributed by atoms with Gasteiger partial charge in [0.15, 0.2) is 17.7 Å². The quantitative estimate of drug-likeness (QED) is 0.865. The Balaban J connectivity index is 1.93. The summed E-state index contributed by atoms with van der Waals surface area (Å²) in [5.74, 6) is 0.326. The number of rotatable bonds is 4. The lowest BCUT2D eigenvalue weighted by Crippen LogP contribution is -2.53. The number of amides is 2. The van der Waals surface area contributed by atoms with Crippen molar-refractivity contribution in [1.29, 1.82) is 0 Å². The SMILES string of the molecule is CCc1cccc(C)c1NC(=O)C(C)N1C(=O)C(C)Oc2ccc(N)nc21. The molecule has 0 spiro atoms. The second kappa shape index (κ2) is 7.26. The maximum atomic E-state index is 13.0. The van der Waals surface area contributed by atoms with Crippen molar-refractivity contribution in [3.63, 3.8) is 0 Å². The number of nitrogens with one attached hydrogen (secondary N) is 1. The summed E-state index contributed by atoms with van der Waals surface area (Å²) in [4.78, 5) is 31.3. The summed E-state index contributed by atoms with van der Waals surface area (Å²) in [6.45, 7) is 7.29. The number of hydrogen-bond acceptors (Lipinski definition) is 5. The Labute approximate surface area is 158 Å². The molecule has 1 aromatic heterocycles. The van der Waals surface area contributed by atoms with E-state index < -0.39 is 12.1 Å². The van der Waals surface area contributed by atoms with Crippen LogP contribution >= 0.6 is 0 Å². The van der Waals surface area contributed by atoms with Gasteiger partial charge >= 0.3 is 0 Å². The Hall–Kier alpha value is -3.09. The van der Waals surface area contributed by atoms with Gasteiger partial charge in [0.25, 0.3) is 5.91 Å². The van der Waals surface area contributed by atoms with Gasteiger partial charge < -0.3 is 15.8 Å². The zero-order valence-corrected chi connectivity index (χ0v) is 15.9. The number of aromatic nitrogens is 1. The number of nitrogens with zero attached hydrogens (tertiary/aromatic N) is 2. The van der Waals surface area contributed by atoms with Crippen LogP contribution in [0, 0.1) is 6.92 Å². The van der Waals surface area contributed by atoms with Crippen LogP contribution in [0.3, 0.4) is 0 Å². The van der Waals surface area contributed by atoms with Crippen molar-refractivity contribution in [3.05, 3.63) is 41.5 Å². The molecule has 0 saturated carbocycles. The minimum absolute atomic E-state index is 0.254. The van der Waals surface area contributed by atoms with Gasteiger partial charge in [0.05, 0.1) is 0 Å². The highest BCUT2D eigenvalue weighted by molar-refractivity contribution is 6.07. The van der Waals surface area contributed by atoms with Crippen LogP contribution < -0.4 is 20.7 Å². The first-order valence-corrected chi connectivity index (χ1v) is 8.99.